The van der Waals surface area contributed by atoms with Crippen LogP contribution < -0.4 is 0 Å². The van der Waals surface area contributed by atoms with Gasteiger partial charge in [0, 0.05) is 24.8 Å². The number of hydrogen-bond acceptors (Lipinski definition) is 3. The van der Waals surface area contributed by atoms with E-state index in [1.165, 1.54) is 12.1 Å². The number of hydrogen-bond donors (Lipinski definition) is 0. The van der Waals surface area contributed by atoms with Crippen molar-refractivity contribution in [1.82, 2.24) is 0 Å². The van der Waals surface area contributed by atoms with Gasteiger partial charge in [0.1, 0.15) is 5.82 Å². The highest BCUT2D eigenvalue weighted by Crippen LogP contribution is 2.20. The van der Waals surface area contributed by atoms with Gasteiger partial charge in [0.05, 0.1) is 19.3 Å². The van der Waals surface area contributed by atoms with E-state index in [-0.39, 0.29) is 11.9 Å². The molecule has 19 heavy (non-hydrogen) atoms. The SMILES string of the molecule is COCCCOCCOC(CI)c1cccc(F)c1. The van der Waals surface area contributed by atoms with E-state index in [0.717, 1.165) is 16.4 Å². The molecule has 1 unspecified atom stereocenters. The van der Waals surface area contributed by atoms with Crippen molar-refractivity contribution in [2.24, 2.45) is 0 Å². The molecule has 0 fully saturated rings. The Balaban J connectivity index is 2.22. The standard InChI is InChI=1S/C14H20FIO3/c1-17-6-3-7-18-8-9-19-14(11-16)12-4-2-5-13(15)10-12/h2,4-5,10,14H,3,6-9,11H2,1H3. The first-order chi connectivity index (χ1) is 9.27. The van der Waals surface area contributed by atoms with Crippen LogP contribution in [0.3, 0.4) is 0 Å². The second-order valence-electron chi connectivity index (χ2n) is 4.03. The quantitative estimate of drug-likeness (QED) is 0.353. The molecule has 5 heteroatoms. The molecule has 0 saturated heterocycles. The fraction of sp³-hybridized carbons (Fsp3) is 0.571. The molecule has 3 nitrogen and oxygen atoms in total. The highest BCUT2D eigenvalue weighted by Gasteiger charge is 2.10. The Hall–Kier alpha value is -0.240. The topological polar surface area (TPSA) is 27.7 Å². The molecule has 0 aliphatic heterocycles. The lowest BCUT2D eigenvalue weighted by Crippen LogP contribution is -2.12. The Bertz CT molecular complexity index is 349. The zero-order valence-corrected chi connectivity index (χ0v) is 13.3. The van der Waals surface area contributed by atoms with Gasteiger partial charge in [-0.2, -0.15) is 0 Å². The minimum atomic E-state index is -0.230. The molecule has 1 rings (SSSR count). The minimum Gasteiger partial charge on any atom is -0.385 e. The van der Waals surface area contributed by atoms with Gasteiger partial charge in [-0.25, -0.2) is 4.39 Å². The summed E-state index contributed by atoms with van der Waals surface area (Å²) in [6, 6.07) is 6.54. The highest BCUT2D eigenvalue weighted by atomic mass is 127. The Morgan fingerprint density at radius 1 is 1.21 bits per heavy atom. The first-order valence-corrected chi connectivity index (χ1v) is 7.80. The van der Waals surface area contributed by atoms with Crippen molar-refractivity contribution in [1.29, 1.82) is 0 Å². The van der Waals surface area contributed by atoms with E-state index in [2.05, 4.69) is 22.6 Å². The molecule has 0 radical (unpaired) electrons. The summed E-state index contributed by atoms with van der Waals surface area (Å²) >= 11 is 2.24. The molecule has 108 valence electrons. The van der Waals surface area contributed by atoms with Crippen LogP contribution in [-0.2, 0) is 14.2 Å². The predicted octanol–water partition coefficient (Wildman–Crippen LogP) is 3.37. The van der Waals surface area contributed by atoms with Gasteiger partial charge < -0.3 is 14.2 Å². The molecule has 0 spiro atoms. The first kappa shape index (κ1) is 16.8. The monoisotopic (exact) mass is 382 g/mol. The van der Waals surface area contributed by atoms with Crippen molar-refractivity contribution in [3.63, 3.8) is 0 Å². The summed E-state index contributed by atoms with van der Waals surface area (Å²) in [5, 5.41) is 0. The van der Waals surface area contributed by atoms with Gasteiger partial charge in [0.15, 0.2) is 0 Å². The molecule has 1 atom stereocenters. The van der Waals surface area contributed by atoms with Crippen LogP contribution in [0.4, 0.5) is 4.39 Å². The smallest absolute Gasteiger partial charge is 0.123 e. The maximum Gasteiger partial charge on any atom is 0.123 e. The average Bonchev–Trinajstić information content (AvgIpc) is 2.42. The second-order valence-corrected chi connectivity index (χ2v) is 4.91. The highest BCUT2D eigenvalue weighted by molar-refractivity contribution is 14.1. The van der Waals surface area contributed by atoms with Crippen molar-refractivity contribution in [2.75, 3.05) is 38.0 Å². The second kappa shape index (κ2) is 10.5. The Kier molecular flexibility index (Phi) is 9.32. The lowest BCUT2D eigenvalue weighted by atomic mass is 10.1. The van der Waals surface area contributed by atoms with E-state index in [9.17, 15) is 4.39 Å². The van der Waals surface area contributed by atoms with Crippen molar-refractivity contribution in [3.05, 3.63) is 35.6 Å². The van der Waals surface area contributed by atoms with Crippen LogP contribution in [0.15, 0.2) is 24.3 Å². The van der Waals surface area contributed by atoms with Crippen LogP contribution in [0.25, 0.3) is 0 Å². The first-order valence-electron chi connectivity index (χ1n) is 6.27. The summed E-state index contributed by atoms with van der Waals surface area (Å²) in [5.41, 5.74) is 0.869. The molecule has 0 aliphatic carbocycles. The molecule has 0 aromatic heterocycles. The largest absolute Gasteiger partial charge is 0.385 e. The number of alkyl halides is 1. The predicted molar refractivity (Wildman–Crippen MR) is 81.3 cm³/mol. The summed E-state index contributed by atoms with van der Waals surface area (Å²) in [6.07, 6.45) is 0.801. The number of benzene rings is 1. The Morgan fingerprint density at radius 3 is 2.74 bits per heavy atom. The number of methoxy groups -OCH3 is 1. The maximum atomic E-state index is 13.1. The van der Waals surface area contributed by atoms with Crippen LogP contribution in [0, 0.1) is 5.82 Å². The summed E-state index contributed by atoms with van der Waals surface area (Å²) in [6.45, 7) is 2.44. The molecule has 0 N–H and O–H groups in total. The number of halogens is 2. The van der Waals surface area contributed by atoms with E-state index < -0.39 is 0 Å². The van der Waals surface area contributed by atoms with Crippen LogP contribution in [-0.4, -0.2) is 38.0 Å². The van der Waals surface area contributed by atoms with Crippen molar-refractivity contribution >= 4 is 22.6 Å². The number of ether oxygens (including phenoxy) is 3. The Labute approximate surface area is 127 Å². The molecule has 1 aromatic rings. The van der Waals surface area contributed by atoms with Crippen LogP contribution in [0.2, 0.25) is 0 Å². The fourth-order valence-corrected chi connectivity index (χ4v) is 2.36. The van der Waals surface area contributed by atoms with E-state index in [0.29, 0.717) is 26.4 Å². The van der Waals surface area contributed by atoms with Gasteiger partial charge in [-0.1, -0.05) is 34.7 Å². The van der Waals surface area contributed by atoms with Gasteiger partial charge in [-0.3, -0.25) is 0 Å². The average molecular weight is 382 g/mol. The lowest BCUT2D eigenvalue weighted by molar-refractivity contribution is 0.0103. The molecular formula is C14H20FIO3. The Morgan fingerprint density at radius 2 is 2.05 bits per heavy atom. The lowest BCUT2D eigenvalue weighted by Gasteiger charge is -2.16. The summed E-state index contributed by atoms with van der Waals surface area (Å²) in [5.74, 6) is -0.230. The maximum absolute atomic E-state index is 13.1. The van der Waals surface area contributed by atoms with E-state index in [4.69, 9.17) is 14.2 Å². The third kappa shape index (κ3) is 7.20. The molecule has 0 saturated carbocycles. The van der Waals surface area contributed by atoms with Gasteiger partial charge in [0.25, 0.3) is 0 Å². The van der Waals surface area contributed by atoms with Crippen molar-refractivity contribution in [3.8, 4) is 0 Å². The third-order valence-electron chi connectivity index (χ3n) is 2.54. The molecule has 0 aliphatic rings. The van der Waals surface area contributed by atoms with E-state index in [1.54, 1.807) is 13.2 Å². The summed E-state index contributed by atoms with van der Waals surface area (Å²) in [7, 11) is 1.67. The van der Waals surface area contributed by atoms with Gasteiger partial charge in [0.2, 0.25) is 0 Å². The minimum absolute atomic E-state index is 0.0844. The fourth-order valence-electron chi connectivity index (χ4n) is 1.59. The van der Waals surface area contributed by atoms with Crippen molar-refractivity contribution < 1.29 is 18.6 Å². The summed E-state index contributed by atoms with van der Waals surface area (Å²) in [4.78, 5) is 0. The molecule has 0 heterocycles. The van der Waals surface area contributed by atoms with Crippen LogP contribution in [0.1, 0.15) is 18.1 Å². The molecule has 0 bridgehead atoms. The normalized spacial score (nSPS) is 12.6. The van der Waals surface area contributed by atoms with Gasteiger partial charge in [-0.15, -0.1) is 0 Å². The van der Waals surface area contributed by atoms with E-state index >= 15 is 0 Å². The molecule has 1 aromatic carbocycles. The zero-order valence-electron chi connectivity index (χ0n) is 11.1. The molecular weight excluding hydrogens is 362 g/mol. The van der Waals surface area contributed by atoms with Crippen molar-refractivity contribution in [2.45, 2.75) is 12.5 Å². The van der Waals surface area contributed by atoms with Crippen LogP contribution >= 0.6 is 22.6 Å². The zero-order chi connectivity index (χ0) is 13.9. The number of rotatable bonds is 10. The van der Waals surface area contributed by atoms with Crippen LogP contribution in [0.5, 0.6) is 0 Å². The van der Waals surface area contributed by atoms with Gasteiger partial charge >= 0.3 is 0 Å². The van der Waals surface area contributed by atoms with Gasteiger partial charge in [-0.05, 0) is 24.1 Å². The van der Waals surface area contributed by atoms with E-state index in [1.807, 2.05) is 6.07 Å². The molecule has 0 amide bonds. The summed E-state index contributed by atoms with van der Waals surface area (Å²) < 4.78 is 30.0. The third-order valence-corrected chi connectivity index (χ3v) is 3.34.